The zero-order valence-corrected chi connectivity index (χ0v) is 16.1. The van der Waals surface area contributed by atoms with Gasteiger partial charge in [-0.05, 0) is 25.0 Å². The van der Waals surface area contributed by atoms with Gasteiger partial charge >= 0.3 is 0 Å². The standard InChI is InChI=1S/C16H15Cl3N4OS/c17-8-5-11(18)14(12(19)6-8)25-13-7-21-16(20)23-15(13)22-9-1-3-10(24)4-2-9/h5-7,9H,1-4H2,(H3,20,21,22,23). The second kappa shape index (κ2) is 7.99. The third-order valence-electron chi connectivity index (χ3n) is 3.83. The fraction of sp³-hybridized carbons (Fsp3) is 0.312. The molecule has 0 atom stereocenters. The molecule has 3 N–H and O–H groups in total. The van der Waals surface area contributed by atoms with Gasteiger partial charge in [0.05, 0.1) is 14.9 Å². The fourth-order valence-corrected chi connectivity index (χ4v) is 4.46. The van der Waals surface area contributed by atoms with Crippen LogP contribution in [0.5, 0.6) is 0 Å². The van der Waals surface area contributed by atoms with Gasteiger partial charge in [-0.1, -0.05) is 46.6 Å². The van der Waals surface area contributed by atoms with Crippen molar-refractivity contribution in [1.82, 2.24) is 9.97 Å². The average Bonchev–Trinajstić information content (AvgIpc) is 2.54. The molecular weight excluding hydrogens is 403 g/mol. The van der Waals surface area contributed by atoms with Crippen LogP contribution in [-0.2, 0) is 4.79 Å². The molecule has 132 valence electrons. The van der Waals surface area contributed by atoms with Gasteiger partial charge in [0.15, 0.2) is 0 Å². The van der Waals surface area contributed by atoms with Crippen molar-refractivity contribution in [2.75, 3.05) is 11.1 Å². The van der Waals surface area contributed by atoms with Crippen molar-refractivity contribution in [1.29, 1.82) is 0 Å². The van der Waals surface area contributed by atoms with Crippen molar-refractivity contribution in [3.05, 3.63) is 33.4 Å². The van der Waals surface area contributed by atoms with E-state index in [1.165, 1.54) is 11.8 Å². The van der Waals surface area contributed by atoms with E-state index in [0.717, 1.165) is 17.7 Å². The van der Waals surface area contributed by atoms with E-state index in [1.807, 2.05) is 0 Å². The Balaban J connectivity index is 1.86. The summed E-state index contributed by atoms with van der Waals surface area (Å²) in [5, 5.41) is 4.74. The molecule has 3 rings (SSSR count). The highest BCUT2D eigenvalue weighted by atomic mass is 35.5. The minimum Gasteiger partial charge on any atom is -0.368 e. The topological polar surface area (TPSA) is 80.9 Å². The first-order valence-electron chi connectivity index (χ1n) is 7.65. The lowest BCUT2D eigenvalue weighted by Crippen LogP contribution is -2.27. The predicted molar refractivity (Wildman–Crippen MR) is 103 cm³/mol. The first-order chi connectivity index (χ1) is 11.9. The summed E-state index contributed by atoms with van der Waals surface area (Å²) in [7, 11) is 0. The SMILES string of the molecule is Nc1ncc(Sc2c(Cl)cc(Cl)cc2Cl)c(NC2CCC(=O)CC2)n1. The quantitative estimate of drug-likeness (QED) is 0.721. The van der Waals surface area contributed by atoms with E-state index >= 15 is 0 Å². The Bertz CT molecular complexity index is 785. The molecule has 0 aliphatic heterocycles. The van der Waals surface area contributed by atoms with Crippen LogP contribution in [0.2, 0.25) is 15.1 Å². The smallest absolute Gasteiger partial charge is 0.221 e. The molecule has 0 saturated heterocycles. The second-order valence-corrected chi connectivity index (χ2v) is 8.00. The summed E-state index contributed by atoms with van der Waals surface area (Å²) in [4.78, 5) is 21.2. The number of carbonyl (C=O) groups is 1. The van der Waals surface area contributed by atoms with Gasteiger partial charge < -0.3 is 11.1 Å². The highest BCUT2D eigenvalue weighted by Gasteiger charge is 2.21. The van der Waals surface area contributed by atoms with Crippen LogP contribution in [0.4, 0.5) is 11.8 Å². The Morgan fingerprint density at radius 1 is 1.16 bits per heavy atom. The molecule has 0 unspecified atom stereocenters. The number of carbonyl (C=O) groups excluding carboxylic acids is 1. The Hall–Kier alpha value is -1.21. The maximum atomic E-state index is 11.4. The lowest BCUT2D eigenvalue weighted by Gasteiger charge is -2.23. The largest absolute Gasteiger partial charge is 0.368 e. The average molecular weight is 418 g/mol. The molecule has 1 heterocycles. The number of hydrogen-bond acceptors (Lipinski definition) is 6. The molecule has 0 bridgehead atoms. The van der Waals surface area contributed by atoms with E-state index in [0.29, 0.717) is 44.4 Å². The minimum absolute atomic E-state index is 0.169. The van der Waals surface area contributed by atoms with Crippen molar-refractivity contribution in [2.24, 2.45) is 0 Å². The van der Waals surface area contributed by atoms with Crippen LogP contribution in [0.1, 0.15) is 25.7 Å². The second-order valence-electron chi connectivity index (χ2n) is 5.70. The van der Waals surface area contributed by atoms with Gasteiger partial charge in [0.1, 0.15) is 11.6 Å². The highest BCUT2D eigenvalue weighted by molar-refractivity contribution is 7.99. The number of benzene rings is 1. The van der Waals surface area contributed by atoms with Crippen LogP contribution in [0.25, 0.3) is 0 Å². The molecule has 2 aromatic rings. The molecule has 0 spiro atoms. The summed E-state index contributed by atoms with van der Waals surface area (Å²) in [5.74, 6) is 1.08. The van der Waals surface area contributed by atoms with E-state index < -0.39 is 0 Å². The summed E-state index contributed by atoms with van der Waals surface area (Å²) < 4.78 is 0. The molecule has 1 aliphatic carbocycles. The van der Waals surface area contributed by atoms with Crippen LogP contribution in [-0.4, -0.2) is 21.8 Å². The Morgan fingerprint density at radius 2 is 1.80 bits per heavy atom. The van der Waals surface area contributed by atoms with Gasteiger partial charge in [-0.25, -0.2) is 4.98 Å². The van der Waals surface area contributed by atoms with Crippen molar-refractivity contribution in [3.8, 4) is 0 Å². The number of nitrogen functional groups attached to an aromatic ring is 1. The number of anilines is 2. The third-order valence-corrected chi connectivity index (χ3v) is 6.03. The molecular formula is C16H15Cl3N4OS. The summed E-state index contributed by atoms with van der Waals surface area (Å²) in [5.41, 5.74) is 5.73. The third kappa shape index (κ3) is 4.70. The van der Waals surface area contributed by atoms with Gasteiger partial charge in [-0.15, -0.1) is 0 Å². The number of rotatable bonds is 4. The Labute approximate surface area is 164 Å². The molecule has 0 radical (unpaired) electrons. The van der Waals surface area contributed by atoms with Crippen molar-refractivity contribution >= 4 is 64.1 Å². The van der Waals surface area contributed by atoms with Gasteiger partial charge in [0.25, 0.3) is 0 Å². The number of ketones is 1. The number of halogens is 3. The van der Waals surface area contributed by atoms with Crippen LogP contribution >= 0.6 is 46.6 Å². The summed E-state index contributed by atoms with van der Waals surface area (Å²) >= 11 is 19.8. The zero-order valence-electron chi connectivity index (χ0n) is 13.1. The van der Waals surface area contributed by atoms with Gasteiger partial charge in [0, 0.05) is 35.0 Å². The van der Waals surface area contributed by atoms with Crippen LogP contribution in [0.3, 0.4) is 0 Å². The van der Waals surface area contributed by atoms with E-state index in [-0.39, 0.29) is 12.0 Å². The molecule has 1 aliphatic rings. The van der Waals surface area contributed by atoms with Crippen LogP contribution < -0.4 is 11.1 Å². The number of nitrogens with two attached hydrogens (primary N) is 1. The zero-order chi connectivity index (χ0) is 18.0. The Kier molecular flexibility index (Phi) is 5.94. The monoisotopic (exact) mass is 416 g/mol. The van der Waals surface area contributed by atoms with E-state index in [9.17, 15) is 4.79 Å². The number of aromatic nitrogens is 2. The van der Waals surface area contributed by atoms with Crippen LogP contribution in [0.15, 0.2) is 28.1 Å². The van der Waals surface area contributed by atoms with Crippen molar-refractivity contribution in [3.63, 3.8) is 0 Å². The number of Topliss-reactive ketones (excluding diaryl/α,β-unsaturated/α-hetero) is 1. The highest BCUT2D eigenvalue weighted by Crippen LogP contribution is 2.42. The summed E-state index contributed by atoms with van der Waals surface area (Å²) in [6.07, 6.45) is 4.33. The molecule has 5 nitrogen and oxygen atoms in total. The first-order valence-corrected chi connectivity index (χ1v) is 9.60. The maximum absolute atomic E-state index is 11.4. The molecule has 1 fully saturated rings. The Morgan fingerprint density at radius 3 is 2.44 bits per heavy atom. The van der Waals surface area contributed by atoms with Gasteiger partial charge in [-0.3, -0.25) is 4.79 Å². The molecule has 1 saturated carbocycles. The fourth-order valence-electron chi connectivity index (χ4n) is 2.58. The molecule has 0 amide bonds. The summed E-state index contributed by atoms with van der Waals surface area (Å²) in [6.45, 7) is 0. The number of nitrogens with one attached hydrogen (secondary N) is 1. The van der Waals surface area contributed by atoms with Crippen LogP contribution in [0, 0.1) is 0 Å². The first kappa shape index (κ1) is 18.6. The molecule has 9 heteroatoms. The maximum Gasteiger partial charge on any atom is 0.221 e. The van der Waals surface area contributed by atoms with E-state index in [4.69, 9.17) is 40.5 Å². The summed E-state index contributed by atoms with van der Waals surface area (Å²) in [6, 6.07) is 3.44. The predicted octanol–water partition coefficient (Wildman–Crippen LogP) is 5.09. The minimum atomic E-state index is 0.169. The molecule has 1 aromatic carbocycles. The van der Waals surface area contributed by atoms with Crippen molar-refractivity contribution < 1.29 is 4.79 Å². The van der Waals surface area contributed by atoms with Crippen molar-refractivity contribution in [2.45, 2.75) is 41.5 Å². The van der Waals surface area contributed by atoms with Gasteiger partial charge in [-0.2, -0.15) is 4.98 Å². The lowest BCUT2D eigenvalue weighted by molar-refractivity contribution is -0.120. The normalized spacial score (nSPS) is 15.4. The number of nitrogens with zero attached hydrogens (tertiary/aromatic N) is 2. The lowest BCUT2D eigenvalue weighted by atomic mass is 9.94. The van der Waals surface area contributed by atoms with E-state index in [1.54, 1.807) is 18.3 Å². The molecule has 25 heavy (non-hydrogen) atoms. The van der Waals surface area contributed by atoms with Gasteiger partial charge in [0.2, 0.25) is 5.95 Å². The number of hydrogen-bond donors (Lipinski definition) is 2. The molecule has 1 aromatic heterocycles. The van der Waals surface area contributed by atoms with E-state index in [2.05, 4.69) is 15.3 Å².